The SMILES string of the molecule is COC(=O)c1nsc(NC(=O)c2ccc3c(c2)C(=O)N(C(C)(C)C)C3=O)n1. The van der Waals surface area contributed by atoms with Crippen LogP contribution in [-0.4, -0.2) is 50.6 Å². The first-order valence-corrected chi connectivity index (χ1v) is 8.67. The van der Waals surface area contributed by atoms with Crippen molar-refractivity contribution in [3.8, 4) is 0 Å². The molecule has 0 saturated carbocycles. The molecule has 1 N–H and O–H groups in total. The van der Waals surface area contributed by atoms with Crippen LogP contribution in [0.3, 0.4) is 0 Å². The van der Waals surface area contributed by atoms with Crippen molar-refractivity contribution < 1.29 is 23.9 Å². The normalized spacial score (nSPS) is 13.6. The summed E-state index contributed by atoms with van der Waals surface area (Å²) in [5, 5.41) is 2.62. The molecule has 1 aliphatic rings. The van der Waals surface area contributed by atoms with E-state index in [1.165, 1.54) is 30.2 Å². The lowest BCUT2D eigenvalue weighted by Crippen LogP contribution is -2.45. The summed E-state index contributed by atoms with van der Waals surface area (Å²) < 4.78 is 8.29. The third kappa shape index (κ3) is 3.31. The number of anilines is 1. The molecule has 0 bridgehead atoms. The zero-order chi connectivity index (χ0) is 19.9. The number of esters is 1. The molecule has 2 heterocycles. The minimum absolute atomic E-state index is 0.111. The summed E-state index contributed by atoms with van der Waals surface area (Å²) in [7, 11) is 1.20. The van der Waals surface area contributed by atoms with E-state index in [2.05, 4.69) is 19.4 Å². The highest BCUT2D eigenvalue weighted by atomic mass is 32.1. The number of methoxy groups -OCH3 is 1. The Morgan fingerprint density at radius 1 is 1.15 bits per heavy atom. The number of carbonyl (C=O) groups excluding carboxylic acids is 4. The molecule has 10 heteroatoms. The van der Waals surface area contributed by atoms with Gasteiger partial charge < -0.3 is 4.74 Å². The average molecular weight is 388 g/mol. The molecule has 0 aliphatic carbocycles. The second-order valence-electron chi connectivity index (χ2n) is 6.75. The van der Waals surface area contributed by atoms with E-state index in [0.717, 1.165) is 11.5 Å². The number of imide groups is 1. The molecule has 27 heavy (non-hydrogen) atoms. The van der Waals surface area contributed by atoms with Crippen molar-refractivity contribution in [1.82, 2.24) is 14.3 Å². The van der Waals surface area contributed by atoms with Crippen LogP contribution in [0.15, 0.2) is 18.2 Å². The Balaban J connectivity index is 1.84. The third-order valence-corrected chi connectivity index (χ3v) is 4.46. The Hall–Kier alpha value is -3.14. The smallest absolute Gasteiger partial charge is 0.377 e. The fourth-order valence-corrected chi connectivity index (χ4v) is 3.16. The topological polar surface area (TPSA) is 119 Å². The number of nitrogens with zero attached hydrogens (tertiary/aromatic N) is 3. The van der Waals surface area contributed by atoms with Crippen LogP contribution < -0.4 is 5.32 Å². The quantitative estimate of drug-likeness (QED) is 0.631. The lowest BCUT2D eigenvalue weighted by molar-refractivity contribution is 0.0506. The third-order valence-electron chi connectivity index (χ3n) is 3.83. The van der Waals surface area contributed by atoms with Crippen LogP contribution >= 0.6 is 11.5 Å². The van der Waals surface area contributed by atoms with E-state index in [1.807, 2.05) is 0 Å². The number of rotatable bonds is 3. The predicted molar refractivity (Wildman–Crippen MR) is 95.9 cm³/mol. The summed E-state index contributed by atoms with van der Waals surface area (Å²) in [4.78, 5) is 53.9. The number of fused-ring (bicyclic) bond motifs is 1. The van der Waals surface area contributed by atoms with E-state index in [4.69, 9.17) is 0 Å². The first kappa shape index (κ1) is 18.6. The molecule has 3 rings (SSSR count). The Labute approximate surface area is 158 Å². The van der Waals surface area contributed by atoms with Gasteiger partial charge in [0, 0.05) is 22.6 Å². The van der Waals surface area contributed by atoms with Gasteiger partial charge in [0.15, 0.2) is 0 Å². The van der Waals surface area contributed by atoms with Crippen molar-refractivity contribution in [2.24, 2.45) is 0 Å². The van der Waals surface area contributed by atoms with Gasteiger partial charge in [0.1, 0.15) is 0 Å². The van der Waals surface area contributed by atoms with Gasteiger partial charge in [0.2, 0.25) is 5.13 Å². The first-order valence-electron chi connectivity index (χ1n) is 7.90. The van der Waals surface area contributed by atoms with Crippen molar-refractivity contribution in [2.75, 3.05) is 12.4 Å². The van der Waals surface area contributed by atoms with Crippen LogP contribution in [-0.2, 0) is 4.74 Å². The summed E-state index contributed by atoms with van der Waals surface area (Å²) in [6.45, 7) is 5.28. The molecule has 1 aromatic heterocycles. The first-order chi connectivity index (χ1) is 12.6. The number of hydrogen-bond acceptors (Lipinski definition) is 8. The van der Waals surface area contributed by atoms with Crippen molar-refractivity contribution >= 4 is 40.4 Å². The number of nitrogens with one attached hydrogen (secondary N) is 1. The fraction of sp³-hybridized carbons (Fsp3) is 0.294. The van der Waals surface area contributed by atoms with Crippen LogP contribution in [0.4, 0.5) is 5.13 Å². The average Bonchev–Trinajstić information content (AvgIpc) is 3.16. The summed E-state index contributed by atoms with van der Waals surface area (Å²) in [6.07, 6.45) is 0. The maximum Gasteiger partial charge on any atom is 0.377 e. The van der Waals surface area contributed by atoms with Crippen LogP contribution in [0, 0.1) is 0 Å². The van der Waals surface area contributed by atoms with E-state index in [-0.39, 0.29) is 33.6 Å². The van der Waals surface area contributed by atoms with Gasteiger partial charge in [0.25, 0.3) is 23.5 Å². The van der Waals surface area contributed by atoms with Crippen LogP contribution in [0.1, 0.15) is 62.5 Å². The molecule has 9 nitrogen and oxygen atoms in total. The number of hydrogen-bond donors (Lipinski definition) is 1. The van der Waals surface area contributed by atoms with E-state index in [9.17, 15) is 19.2 Å². The van der Waals surface area contributed by atoms with Gasteiger partial charge in [0.05, 0.1) is 18.2 Å². The second-order valence-corrected chi connectivity index (χ2v) is 7.50. The summed E-state index contributed by atoms with van der Waals surface area (Å²) in [5.74, 6) is -2.24. The van der Waals surface area contributed by atoms with Crippen molar-refractivity contribution in [2.45, 2.75) is 26.3 Å². The minimum atomic E-state index is -0.712. The molecular formula is C17H16N4O5S. The molecule has 0 saturated heterocycles. The Morgan fingerprint density at radius 3 is 2.44 bits per heavy atom. The molecule has 0 spiro atoms. The molecule has 2 aromatic rings. The van der Waals surface area contributed by atoms with Crippen LogP contribution in [0.2, 0.25) is 0 Å². The summed E-state index contributed by atoms with van der Waals surface area (Å²) in [6, 6.07) is 4.28. The highest BCUT2D eigenvalue weighted by molar-refractivity contribution is 7.10. The number of aromatic nitrogens is 2. The molecule has 140 valence electrons. The summed E-state index contributed by atoms with van der Waals surface area (Å²) in [5.41, 5.74) is -0.0575. The monoisotopic (exact) mass is 388 g/mol. The zero-order valence-electron chi connectivity index (χ0n) is 15.0. The highest BCUT2D eigenvalue weighted by Gasteiger charge is 2.42. The van der Waals surface area contributed by atoms with Crippen LogP contribution in [0.25, 0.3) is 0 Å². The number of benzene rings is 1. The van der Waals surface area contributed by atoms with Crippen molar-refractivity contribution in [3.05, 3.63) is 40.7 Å². The largest absolute Gasteiger partial charge is 0.463 e. The van der Waals surface area contributed by atoms with E-state index in [0.29, 0.717) is 0 Å². The molecule has 0 unspecified atom stereocenters. The molecule has 0 fully saturated rings. The van der Waals surface area contributed by atoms with E-state index < -0.39 is 23.3 Å². The van der Waals surface area contributed by atoms with Gasteiger partial charge in [-0.15, -0.1) is 0 Å². The van der Waals surface area contributed by atoms with E-state index in [1.54, 1.807) is 20.8 Å². The van der Waals surface area contributed by atoms with Gasteiger partial charge in [-0.05, 0) is 39.0 Å². The maximum atomic E-state index is 12.6. The van der Waals surface area contributed by atoms with Crippen molar-refractivity contribution in [3.63, 3.8) is 0 Å². The molecule has 3 amide bonds. The standard InChI is InChI=1S/C17H16N4O5S/c1-17(2,3)21-13(23)9-6-5-8(7-10(9)14(21)24)12(22)19-16-18-11(20-27-16)15(25)26-4/h5-7H,1-4H3,(H,18,19,20,22). The highest BCUT2D eigenvalue weighted by Crippen LogP contribution is 2.30. The van der Waals surface area contributed by atoms with Gasteiger partial charge in [-0.3, -0.25) is 24.6 Å². The summed E-state index contributed by atoms with van der Waals surface area (Å²) >= 11 is 0.823. The molecule has 0 radical (unpaired) electrons. The van der Waals surface area contributed by atoms with Gasteiger partial charge in [-0.25, -0.2) is 4.79 Å². The maximum absolute atomic E-state index is 12.6. The van der Waals surface area contributed by atoms with Crippen molar-refractivity contribution in [1.29, 1.82) is 0 Å². The zero-order valence-corrected chi connectivity index (χ0v) is 15.8. The molecule has 1 aromatic carbocycles. The second kappa shape index (κ2) is 6.54. The molecule has 1 aliphatic heterocycles. The predicted octanol–water partition coefficient (Wildman–Crippen LogP) is 1.97. The van der Waals surface area contributed by atoms with Gasteiger partial charge >= 0.3 is 5.97 Å². The van der Waals surface area contributed by atoms with Gasteiger partial charge in [-0.1, -0.05) is 0 Å². The number of carbonyl (C=O) groups is 4. The minimum Gasteiger partial charge on any atom is -0.463 e. The lowest BCUT2D eigenvalue weighted by atomic mass is 10.1. The van der Waals surface area contributed by atoms with Gasteiger partial charge in [-0.2, -0.15) is 9.36 Å². The Bertz CT molecular complexity index is 976. The lowest BCUT2D eigenvalue weighted by Gasteiger charge is -2.29. The van der Waals surface area contributed by atoms with E-state index >= 15 is 0 Å². The fourth-order valence-electron chi connectivity index (χ4n) is 2.61. The number of ether oxygens (including phenoxy) is 1. The Morgan fingerprint density at radius 2 is 1.81 bits per heavy atom. The molecule has 0 atom stereocenters. The number of amides is 3. The van der Waals surface area contributed by atoms with Crippen LogP contribution in [0.5, 0.6) is 0 Å². The Kier molecular flexibility index (Phi) is 4.52. The molecular weight excluding hydrogens is 372 g/mol.